The number of hydrogen-bond donors (Lipinski definition) is 0. The number of nitrogens with zero attached hydrogens (tertiary/aromatic N) is 3. The molecule has 0 saturated carbocycles. The van der Waals surface area contributed by atoms with Crippen LogP contribution >= 0.6 is 0 Å². The first kappa shape index (κ1) is 11.1. The van der Waals surface area contributed by atoms with E-state index in [1.807, 2.05) is 30.3 Å². The predicted octanol–water partition coefficient (Wildman–Crippen LogP) is 1.86. The van der Waals surface area contributed by atoms with Gasteiger partial charge in [-0.1, -0.05) is 18.2 Å². The Morgan fingerprint density at radius 3 is 2.82 bits per heavy atom. The third-order valence-corrected chi connectivity index (χ3v) is 2.26. The first-order chi connectivity index (χ1) is 8.31. The van der Waals surface area contributed by atoms with Crippen LogP contribution in [0.4, 0.5) is 0 Å². The van der Waals surface area contributed by atoms with Gasteiger partial charge < -0.3 is 0 Å². The van der Waals surface area contributed by atoms with Crippen molar-refractivity contribution in [3.8, 4) is 18.0 Å². The Morgan fingerprint density at radius 1 is 1.35 bits per heavy atom. The summed E-state index contributed by atoms with van der Waals surface area (Å²) < 4.78 is 0. The summed E-state index contributed by atoms with van der Waals surface area (Å²) in [5.41, 5.74) is 1.17. The highest BCUT2D eigenvalue weighted by Gasteiger charge is 2.10. The molecule has 0 aliphatic rings. The molecule has 0 spiro atoms. The second-order valence-corrected chi connectivity index (χ2v) is 3.48. The van der Waals surface area contributed by atoms with Crippen molar-refractivity contribution in [3.05, 3.63) is 42.2 Å². The molecular formula is C13H11N3O. The standard InChI is InChI=1S/C13H11N3O/c1-2-3-9-13(17)12-10-14-16(15-12)11-7-5-4-6-8-11/h1,4-8,10H,3,9H2. The molecule has 0 unspecified atom stereocenters. The molecule has 0 fully saturated rings. The predicted molar refractivity (Wildman–Crippen MR) is 63.8 cm³/mol. The highest BCUT2D eigenvalue weighted by atomic mass is 16.1. The van der Waals surface area contributed by atoms with Crippen LogP contribution in [0.15, 0.2) is 36.5 Å². The molecule has 1 aromatic heterocycles. The maximum Gasteiger partial charge on any atom is 0.185 e. The van der Waals surface area contributed by atoms with Gasteiger partial charge in [0.25, 0.3) is 0 Å². The Bertz CT molecular complexity index is 552. The lowest BCUT2D eigenvalue weighted by atomic mass is 10.2. The fourth-order valence-corrected chi connectivity index (χ4v) is 1.39. The molecular weight excluding hydrogens is 214 g/mol. The summed E-state index contributed by atoms with van der Waals surface area (Å²) in [5.74, 6) is 2.35. The van der Waals surface area contributed by atoms with Gasteiger partial charge in [-0.2, -0.15) is 9.90 Å². The lowest BCUT2D eigenvalue weighted by molar-refractivity contribution is 0.0979. The van der Waals surface area contributed by atoms with Gasteiger partial charge in [0.05, 0.1) is 11.9 Å². The van der Waals surface area contributed by atoms with Crippen LogP contribution in [-0.4, -0.2) is 20.8 Å². The number of Topliss-reactive ketones (excluding diaryl/α,β-unsaturated/α-hetero) is 1. The van der Waals surface area contributed by atoms with Crippen molar-refractivity contribution in [2.45, 2.75) is 12.8 Å². The maximum atomic E-state index is 11.6. The second kappa shape index (κ2) is 5.08. The Kier molecular flexibility index (Phi) is 3.31. The molecule has 0 N–H and O–H groups in total. The normalized spacial score (nSPS) is 9.82. The van der Waals surface area contributed by atoms with E-state index in [-0.39, 0.29) is 5.78 Å². The minimum Gasteiger partial charge on any atom is -0.292 e. The van der Waals surface area contributed by atoms with E-state index in [9.17, 15) is 4.79 Å². The Balaban J connectivity index is 2.17. The number of carbonyl (C=O) groups excluding carboxylic acids is 1. The number of carbonyl (C=O) groups is 1. The second-order valence-electron chi connectivity index (χ2n) is 3.48. The summed E-state index contributed by atoms with van der Waals surface area (Å²) in [6.45, 7) is 0. The lowest BCUT2D eigenvalue weighted by Gasteiger charge is -1.97. The van der Waals surface area contributed by atoms with Crippen LogP contribution in [0.5, 0.6) is 0 Å². The molecule has 4 heteroatoms. The largest absolute Gasteiger partial charge is 0.292 e. The van der Waals surface area contributed by atoms with Crippen molar-refractivity contribution < 1.29 is 4.79 Å². The van der Waals surface area contributed by atoms with Crippen LogP contribution in [0, 0.1) is 12.3 Å². The molecule has 84 valence electrons. The fraction of sp³-hybridized carbons (Fsp3) is 0.154. The molecule has 2 rings (SSSR count). The molecule has 4 nitrogen and oxygen atoms in total. The minimum atomic E-state index is -0.0786. The van der Waals surface area contributed by atoms with Crippen molar-refractivity contribution in [3.63, 3.8) is 0 Å². The van der Waals surface area contributed by atoms with Gasteiger partial charge in [-0.25, -0.2) is 0 Å². The van der Waals surface area contributed by atoms with E-state index in [4.69, 9.17) is 6.42 Å². The van der Waals surface area contributed by atoms with Gasteiger partial charge in [0.15, 0.2) is 5.78 Å². The Labute approximate surface area is 99.3 Å². The number of para-hydroxylation sites is 1. The fourth-order valence-electron chi connectivity index (χ4n) is 1.39. The summed E-state index contributed by atoms with van der Waals surface area (Å²) in [6, 6.07) is 9.43. The van der Waals surface area contributed by atoms with Gasteiger partial charge in [0, 0.05) is 12.8 Å². The molecule has 0 bridgehead atoms. The Morgan fingerprint density at radius 2 is 2.12 bits per heavy atom. The number of hydrogen-bond acceptors (Lipinski definition) is 3. The number of terminal acetylenes is 1. The van der Waals surface area contributed by atoms with Crippen LogP contribution in [0.2, 0.25) is 0 Å². The van der Waals surface area contributed by atoms with Crippen molar-refractivity contribution in [2.24, 2.45) is 0 Å². The van der Waals surface area contributed by atoms with E-state index in [1.165, 1.54) is 11.0 Å². The van der Waals surface area contributed by atoms with Crippen LogP contribution in [0.1, 0.15) is 23.3 Å². The molecule has 0 atom stereocenters. The zero-order valence-electron chi connectivity index (χ0n) is 9.21. The molecule has 1 aromatic carbocycles. The molecule has 0 aliphatic carbocycles. The zero-order valence-corrected chi connectivity index (χ0v) is 9.21. The first-order valence-electron chi connectivity index (χ1n) is 5.25. The van der Waals surface area contributed by atoms with E-state index in [1.54, 1.807) is 0 Å². The van der Waals surface area contributed by atoms with E-state index >= 15 is 0 Å². The van der Waals surface area contributed by atoms with Crippen molar-refractivity contribution in [1.82, 2.24) is 15.0 Å². The van der Waals surface area contributed by atoms with Gasteiger partial charge >= 0.3 is 0 Å². The summed E-state index contributed by atoms with van der Waals surface area (Å²) in [4.78, 5) is 13.1. The third-order valence-electron chi connectivity index (χ3n) is 2.26. The van der Waals surface area contributed by atoms with Gasteiger partial charge in [-0.15, -0.1) is 17.4 Å². The third kappa shape index (κ3) is 2.58. The van der Waals surface area contributed by atoms with Gasteiger partial charge in [0.2, 0.25) is 0 Å². The molecule has 2 aromatic rings. The van der Waals surface area contributed by atoms with Crippen LogP contribution in [0.25, 0.3) is 5.69 Å². The highest BCUT2D eigenvalue weighted by Crippen LogP contribution is 2.06. The first-order valence-corrected chi connectivity index (χ1v) is 5.25. The number of aromatic nitrogens is 3. The zero-order chi connectivity index (χ0) is 12.1. The van der Waals surface area contributed by atoms with E-state index < -0.39 is 0 Å². The summed E-state index contributed by atoms with van der Waals surface area (Å²) in [6.07, 6.45) is 7.31. The highest BCUT2D eigenvalue weighted by molar-refractivity contribution is 5.93. The molecule has 0 amide bonds. The quantitative estimate of drug-likeness (QED) is 0.589. The molecule has 17 heavy (non-hydrogen) atoms. The monoisotopic (exact) mass is 225 g/mol. The van der Waals surface area contributed by atoms with Crippen molar-refractivity contribution >= 4 is 5.78 Å². The topological polar surface area (TPSA) is 47.8 Å². The molecule has 0 aliphatic heterocycles. The smallest absolute Gasteiger partial charge is 0.185 e. The Hall–Kier alpha value is -2.41. The van der Waals surface area contributed by atoms with E-state index in [0.717, 1.165) is 5.69 Å². The van der Waals surface area contributed by atoms with Gasteiger partial charge in [-0.3, -0.25) is 4.79 Å². The SMILES string of the molecule is C#CCCC(=O)c1cnn(-c2ccccc2)n1. The summed E-state index contributed by atoms with van der Waals surface area (Å²) in [7, 11) is 0. The van der Waals surface area contributed by atoms with Crippen LogP contribution < -0.4 is 0 Å². The summed E-state index contributed by atoms with van der Waals surface area (Å²) in [5, 5.41) is 8.17. The molecule has 0 radical (unpaired) electrons. The molecule has 1 heterocycles. The van der Waals surface area contributed by atoms with Crippen LogP contribution in [-0.2, 0) is 0 Å². The lowest BCUT2D eigenvalue weighted by Crippen LogP contribution is -2.02. The van der Waals surface area contributed by atoms with Crippen LogP contribution in [0.3, 0.4) is 0 Å². The van der Waals surface area contributed by atoms with E-state index in [2.05, 4.69) is 16.1 Å². The van der Waals surface area contributed by atoms with Gasteiger partial charge in [-0.05, 0) is 12.1 Å². The van der Waals surface area contributed by atoms with Crippen molar-refractivity contribution in [1.29, 1.82) is 0 Å². The average Bonchev–Trinajstić information content (AvgIpc) is 2.86. The number of rotatable bonds is 4. The average molecular weight is 225 g/mol. The minimum absolute atomic E-state index is 0.0786. The number of ketones is 1. The maximum absolute atomic E-state index is 11.6. The molecule has 0 saturated heterocycles. The van der Waals surface area contributed by atoms with Gasteiger partial charge in [0.1, 0.15) is 5.69 Å². The summed E-state index contributed by atoms with van der Waals surface area (Å²) >= 11 is 0. The number of benzene rings is 1. The van der Waals surface area contributed by atoms with Crippen molar-refractivity contribution in [2.75, 3.05) is 0 Å². The van der Waals surface area contributed by atoms with E-state index in [0.29, 0.717) is 18.5 Å².